The van der Waals surface area contributed by atoms with Gasteiger partial charge in [0.1, 0.15) is 19.3 Å². The van der Waals surface area contributed by atoms with Crippen LogP contribution in [0.4, 0.5) is 0 Å². The predicted molar refractivity (Wildman–Crippen MR) is 414 cm³/mol. The summed E-state index contributed by atoms with van der Waals surface area (Å²) in [5.41, 5.74) is 0. The lowest BCUT2D eigenvalue weighted by Gasteiger charge is -2.21. The van der Waals surface area contributed by atoms with Gasteiger partial charge in [-0.3, -0.25) is 37.3 Å². The van der Waals surface area contributed by atoms with E-state index in [0.717, 1.165) is 109 Å². The zero-order valence-electron chi connectivity index (χ0n) is 66.1. The fourth-order valence-electron chi connectivity index (χ4n) is 12.8. The van der Waals surface area contributed by atoms with Crippen molar-refractivity contribution < 1.29 is 80.2 Å². The molecular weight excluding hydrogens is 1320 g/mol. The molecule has 0 radical (unpaired) electrons. The van der Waals surface area contributed by atoms with E-state index in [-0.39, 0.29) is 25.7 Å². The van der Waals surface area contributed by atoms with Crippen LogP contribution in [0.2, 0.25) is 0 Å². The van der Waals surface area contributed by atoms with Gasteiger partial charge < -0.3 is 33.8 Å². The van der Waals surface area contributed by atoms with Crippen LogP contribution in [-0.2, 0) is 65.4 Å². The predicted octanol–water partition coefficient (Wildman–Crippen LogP) is 24.8. The highest BCUT2D eigenvalue weighted by Crippen LogP contribution is 2.45. The number of aliphatic hydroxyl groups excluding tert-OH is 1. The molecule has 0 bridgehead atoms. The van der Waals surface area contributed by atoms with Gasteiger partial charge in [-0.15, -0.1) is 0 Å². The maximum Gasteiger partial charge on any atom is 0.472 e. The lowest BCUT2D eigenvalue weighted by atomic mass is 10.0. The number of phosphoric ester groups is 2. The third kappa shape index (κ3) is 76.1. The van der Waals surface area contributed by atoms with Gasteiger partial charge >= 0.3 is 39.5 Å². The molecule has 0 aliphatic rings. The molecule has 0 aromatic heterocycles. The molecule has 17 nitrogen and oxygen atoms in total. The molecule has 0 aromatic rings. The molecule has 0 saturated heterocycles. The molecule has 0 fully saturated rings. The van der Waals surface area contributed by atoms with E-state index < -0.39 is 97.5 Å². The maximum atomic E-state index is 13.1. The average Bonchev–Trinajstić information content (AvgIpc) is 0.944. The van der Waals surface area contributed by atoms with E-state index in [9.17, 15) is 43.2 Å². The second-order valence-corrected chi connectivity index (χ2v) is 32.9. The van der Waals surface area contributed by atoms with E-state index in [2.05, 4.69) is 34.6 Å². The average molecular weight is 1480 g/mol. The first-order valence-electron chi connectivity index (χ1n) is 42.6. The number of aliphatic hydroxyl groups is 1. The fraction of sp³-hybridized carbons (Fsp3) is 0.951. The summed E-state index contributed by atoms with van der Waals surface area (Å²) >= 11 is 0. The van der Waals surface area contributed by atoms with Crippen molar-refractivity contribution in [2.75, 3.05) is 39.6 Å². The quantitative estimate of drug-likeness (QED) is 0.0222. The molecule has 0 heterocycles. The van der Waals surface area contributed by atoms with E-state index >= 15 is 0 Å². The summed E-state index contributed by atoms with van der Waals surface area (Å²) in [6.07, 6.45) is 66.8. The van der Waals surface area contributed by atoms with Crippen LogP contribution in [0.1, 0.15) is 439 Å². The molecule has 2 unspecified atom stereocenters. The van der Waals surface area contributed by atoms with Gasteiger partial charge in [-0.1, -0.05) is 388 Å². The molecule has 5 atom stereocenters. The Balaban J connectivity index is 5.17. The molecule has 0 aliphatic carbocycles. The molecule has 0 spiro atoms. The Morgan fingerprint density at radius 3 is 0.673 bits per heavy atom. The zero-order valence-corrected chi connectivity index (χ0v) is 67.8. The van der Waals surface area contributed by atoms with E-state index in [0.29, 0.717) is 25.7 Å². The van der Waals surface area contributed by atoms with Crippen molar-refractivity contribution in [3.63, 3.8) is 0 Å². The number of esters is 4. The van der Waals surface area contributed by atoms with Crippen LogP contribution in [-0.4, -0.2) is 96.7 Å². The van der Waals surface area contributed by atoms with Crippen molar-refractivity contribution in [3.8, 4) is 0 Å². The van der Waals surface area contributed by atoms with Crippen LogP contribution in [0.15, 0.2) is 0 Å². The third-order valence-electron chi connectivity index (χ3n) is 19.3. The van der Waals surface area contributed by atoms with Crippen molar-refractivity contribution in [1.29, 1.82) is 0 Å². The molecular formula is C82H160O17P2. The number of carbonyl (C=O) groups is 4. The Morgan fingerprint density at radius 2 is 0.455 bits per heavy atom. The van der Waals surface area contributed by atoms with Gasteiger partial charge in [0.25, 0.3) is 0 Å². The first-order valence-corrected chi connectivity index (χ1v) is 45.6. The molecule has 0 saturated carbocycles. The van der Waals surface area contributed by atoms with E-state index in [4.69, 9.17) is 37.0 Å². The van der Waals surface area contributed by atoms with Crippen molar-refractivity contribution in [2.45, 2.75) is 457 Å². The SMILES string of the molecule is CCCCCCCCCCCCCCCCCCCCCCC(=O)O[C@H](COC(=O)CCCCCCCCCCCCCCCCCC(C)C)COP(=O)(O)OC[C@@H](O)COP(=O)(O)OC[C@@H](COC(=O)CCCCCCCCC)OC(=O)CCCCCCCCCCCCCCCCCC. The summed E-state index contributed by atoms with van der Waals surface area (Å²) in [4.78, 5) is 72.9. The van der Waals surface area contributed by atoms with E-state index in [1.165, 1.54) is 250 Å². The van der Waals surface area contributed by atoms with E-state index in [1.54, 1.807) is 0 Å². The van der Waals surface area contributed by atoms with Gasteiger partial charge in [0, 0.05) is 25.7 Å². The minimum absolute atomic E-state index is 0.108. The second-order valence-electron chi connectivity index (χ2n) is 30.0. The fourth-order valence-corrected chi connectivity index (χ4v) is 14.3. The number of hydrogen-bond acceptors (Lipinski definition) is 15. The summed E-state index contributed by atoms with van der Waals surface area (Å²) < 4.78 is 68.6. The second kappa shape index (κ2) is 74.9. The summed E-state index contributed by atoms with van der Waals surface area (Å²) in [6.45, 7) is 7.33. The van der Waals surface area contributed by atoms with Crippen LogP contribution in [0.5, 0.6) is 0 Å². The number of hydrogen-bond donors (Lipinski definition) is 3. The molecule has 600 valence electrons. The molecule has 0 rings (SSSR count). The maximum absolute atomic E-state index is 13.1. The van der Waals surface area contributed by atoms with Crippen LogP contribution < -0.4 is 0 Å². The Kier molecular flexibility index (Phi) is 73.5. The van der Waals surface area contributed by atoms with Gasteiger partial charge in [0.05, 0.1) is 26.4 Å². The number of carbonyl (C=O) groups excluding carboxylic acids is 4. The monoisotopic (exact) mass is 1480 g/mol. The topological polar surface area (TPSA) is 237 Å². The highest BCUT2D eigenvalue weighted by molar-refractivity contribution is 7.47. The lowest BCUT2D eigenvalue weighted by molar-refractivity contribution is -0.161. The Hall–Kier alpha value is -1.94. The minimum atomic E-state index is -4.96. The van der Waals surface area contributed by atoms with E-state index in [1.807, 2.05) is 0 Å². The van der Waals surface area contributed by atoms with Crippen LogP contribution in [0.25, 0.3) is 0 Å². The highest BCUT2D eigenvalue weighted by Gasteiger charge is 2.30. The van der Waals surface area contributed by atoms with Crippen molar-refractivity contribution >= 4 is 39.5 Å². The van der Waals surface area contributed by atoms with Gasteiger partial charge in [-0.2, -0.15) is 0 Å². The lowest BCUT2D eigenvalue weighted by Crippen LogP contribution is -2.30. The summed E-state index contributed by atoms with van der Waals surface area (Å²) in [6, 6.07) is 0. The molecule has 101 heavy (non-hydrogen) atoms. The molecule has 0 aliphatic heterocycles. The minimum Gasteiger partial charge on any atom is -0.462 e. The smallest absolute Gasteiger partial charge is 0.462 e. The number of rotatable bonds is 82. The number of phosphoric acid groups is 2. The van der Waals surface area contributed by atoms with Crippen LogP contribution in [0.3, 0.4) is 0 Å². The van der Waals surface area contributed by atoms with Gasteiger partial charge in [0.15, 0.2) is 12.2 Å². The third-order valence-corrected chi connectivity index (χ3v) is 21.2. The van der Waals surface area contributed by atoms with Crippen molar-refractivity contribution in [2.24, 2.45) is 5.92 Å². The summed E-state index contributed by atoms with van der Waals surface area (Å²) in [5.74, 6) is -1.30. The molecule has 19 heteroatoms. The van der Waals surface area contributed by atoms with Crippen LogP contribution >= 0.6 is 15.6 Å². The summed E-state index contributed by atoms with van der Waals surface area (Å²) in [7, 11) is -9.91. The Labute approximate surface area is 619 Å². The Bertz CT molecular complexity index is 1930. The largest absolute Gasteiger partial charge is 0.472 e. The van der Waals surface area contributed by atoms with Gasteiger partial charge in [-0.25, -0.2) is 9.13 Å². The normalized spacial score (nSPS) is 13.8. The first kappa shape index (κ1) is 99.1. The highest BCUT2D eigenvalue weighted by atomic mass is 31.2. The van der Waals surface area contributed by atoms with Gasteiger partial charge in [-0.05, 0) is 31.6 Å². The van der Waals surface area contributed by atoms with Crippen molar-refractivity contribution in [1.82, 2.24) is 0 Å². The van der Waals surface area contributed by atoms with Crippen molar-refractivity contribution in [3.05, 3.63) is 0 Å². The standard InChI is InChI=1S/C82H160O17P2/c1-6-9-12-15-18-20-22-24-26-28-29-30-31-35-40-44-48-53-58-63-68-82(87)99-78(72-93-80(85)66-61-56-51-46-42-38-36-32-33-37-41-45-50-54-59-64-75(4)5)74-97-101(90,91)95-70-76(83)69-94-100(88,89)96-73-77(71-92-79(84)65-60-55-49-17-14-11-8-3)98-81(86)67-62-57-52-47-43-39-34-27-25-23-21-19-16-13-10-7-2/h75-78,83H,6-74H2,1-5H3,(H,88,89)(H,90,91)/t76-,77+,78+/m0/s1. The Morgan fingerprint density at radius 1 is 0.267 bits per heavy atom. The first-order chi connectivity index (χ1) is 49.0. The zero-order chi connectivity index (χ0) is 74.1. The van der Waals surface area contributed by atoms with Gasteiger partial charge in [0.2, 0.25) is 0 Å². The number of ether oxygens (including phenoxy) is 4. The molecule has 0 amide bonds. The number of unbranched alkanes of at least 4 members (excludes halogenated alkanes) is 54. The summed E-state index contributed by atoms with van der Waals surface area (Å²) in [5, 5.41) is 10.6. The van der Waals surface area contributed by atoms with Crippen LogP contribution in [0, 0.1) is 5.92 Å². The molecule has 0 aromatic carbocycles. The molecule has 3 N–H and O–H groups in total.